The van der Waals surface area contributed by atoms with E-state index in [9.17, 15) is 65.2 Å². The smallest absolute Gasteiger partial charge is 0.364 e. The Morgan fingerprint density at radius 1 is 1.04 bits per heavy atom. The average molecular weight is 726 g/mol. The Balaban J connectivity index is 1.83. The number of carbonyl (C=O) groups excluding carboxylic acids is 2. The van der Waals surface area contributed by atoms with Crippen molar-refractivity contribution in [1.29, 1.82) is 0 Å². The number of non-ortho nitro benzene ring substituents is 1. The highest BCUT2D eigenvalue weighted by Gasteiger charge is 2.55. The summed E-state index contributed by atoms with van der Waals surface area (Å²) < 4.78 is 11.2. The molecule has 50 heavy (non-hydrogen) atoms. The van der Waals surface area contributed by atoms with Crippen LogP contribution in [0.4, 0.5) is 17.1 Å². The third kappa shape index (κ3) is 9.46. The Hall–Kier alpha value is -4.80. The van der Waals surface area contributed by atoms with E-state index in [1.165, 1.54) is 0 Å². The molecule has 1 aliphatic heterocycles. The topological polar surface area (TPSA) is 304 Å². The van der Waals surface area contributed by atoms with E-state index in [1.807, 2.05) is 6.92 Å². The van der Waals surface area contributed by atoms with Crippen LogP contribution in [-0.2, 0) is 19.1 Å². The Morgan fingerprint density at radius 2 is 1.66 bits per heavy atom. The number of nitro groups is 3. The highest BCUT2D eigenvalue weighted by Crippen LogP contribution is 2.39. The third-order valence-corrected chi connectivity index (χ3v) is 8.56. The van der Waals surface area contributed by atoms with Crippen LogP contribution in [-0.4, -0.2) is 114 Å². The van der Waals surface area contributed by atoms with Crippen molar-refractivity contribution in [3.05, 3.63) is 72.3 Å². The molecule has 6 atom stereocenters. The van der Waals surface area contributed by atoms with Crippen LogP contribution in [0.2, 0.25) is 0 Å². The molecule has 0 aliphatic carbocycles. The summed E-state index contributed by atoms with van der Waals surface area (Å²) in [7, 11) is 0. The molecule has 20 nitrogen and oxygen atoms in total. The maximum atomic E-state index is 13.0. The number of aliphatic hydroxyl groups excluding tert-OH is 3. The van der Waals surface area contributed by atoms with Crippen LogP contribution in [0.3, 0.4) is 0 Å². The zero-order chi connectivity index (χ0) is 37.3. The number of nitrogens with zero attached hydrogens (tertiary/aromatic N) is 3. The number of carboxylic acids is 1. The highest BCUT2D eigenvalue weighted by molar-refractivity contribution is 7.99. The molecule has 0 radical (unpaired) electrons. The molecular formula is C29H35N5O15S. The van der Waals surface area contributed by atoms with Gasteiger partial charge in [0.05, 0.1) is 56.8 Å². The molecule has 1 aliphatic rings. The summed E-state index contributed by atoms with van der Waals surface area (Å²) in [4.78, 5) is 69.0. The van der Waals surface area contributed by atoms with Gasteiger partial charge in [-0.05, 0) is 36.1 Å². The fourth-order valence-corrected chi connectivity index (χ4v) is 5.81. The van der Waals surface area contributed by atoms with Crippen LogP contribution >= 0.6 is 11.8 Å². The second kappa shape index (κ2) is 17.2. The molecule has 1 fully saturated rings. The molecule has 0 bridgehead atoms. The van der Waals surface area contributed by atoms with Crippen LogP contribution in [0, 0.1) is 30.3 Å². The highest BCUT2D eigenvalue weighted by atomic mass is 32.2. The molecular weight excluding hydrogens is 690 g/mol. The number of hydrogen-bond donors (Lipinski definition) is 6. The van der Waals surface area contributed by atoms with E-state index in [1.54, 1.807) is 11.8 Å². The quantitative estimate of drug-likeness (QED) is 0.0756. The van der Waals surface area contributed by atoms with Gasteiger partial charge in [0.2, 0.25) is 5.91 Å². The first-order valence-electron chi connectivity index (χ1n) is 15.0. The summed E-state index contributed by atoms with van der Waals surface area (Å²) in [6.45, 7) is 2.19. The number of carbonyl (C=O) groups is 3. The first-order chi connectivity index (χ1) is 23.5. The van der Waals surface area contributed by atoms with Gasteiger partial charge >= 0.3 is 5.97 Å². The van der Waals surface area contributed by atoms with Gasteiger partial charge in [-0.2, -0.15) is 11.8 Å². The number of amides is 2. The van der Waals surface area contributed by atoms with E-state index in [4.69, 9.17) is 9.47 Å². The number of rotatable bonds is 17. The zero-order valence-electron chi connectivity index (χ0n) is 26.6. The van der Waals surface area contributed by atoms with Crippen molar-refractivity contribution in [2.75, 3.05) is 24.7 Å². The molecule has 3 rings (SSSR count). The van der Waals surface area contributed by atoms with Gasteiger partial charge in [-0.25, -0.2) is 4.79 Å². The normalized spacial score (nSPS) is 21.4. The van der Waals surface area contributed by atoms with Gasteiger partial charge in [-0.15, -0.1) is 0 Å². The fourth-order valence-electron chi connectivity index (χ4n) is 5.20. The summed E-state index contributed by atoms with van der Waals surface area (Å²) in [5, 5.41) is 81.9. The molecule has 0 spiro atoms. The SMILES string of the molecule is CCSCCCO[C@]1(C(=O)O)CC(O)[C@@H](NC(C)=O)[C@H]([C@H](O)[C@H](O)CNC(=O)c2ccc(-c3ccc([N+](=O)[O-])cc3[N+](=O)[O-])c([N+](=O)[O-])c2)O1. The second-order valence-electron chi connectivity index (χ2n) is 11.0. The number of benzene rings is 2. The summed E-state index contributed by atoms with van der Waals surface area (Å²) in [5.41, 5.74) is -3.20. The Labute approximate surface area is 287 Å². The van der Waals surface area contributed by atoms with Crippen LogP contribution in [0.5, 0.6) is 0 Å². The molecule has 2 amide bonds. The number of aliphatic carboxylic acids is 1. The summed E-state index contributed by atoms with van der Waals surface area (Å²) >= 11 is 1.58. The van der Waals surface area contributed by atoms with Crippen molar-refractivity contribution in [2.24, 2.45) is 0 Å². The average Bonchev–Trinajstić information content (AvgIpc) is 3.06. The van der Waals surface area contributed by atoms with Crippen LogP contribution < -0.4 is 10.6 Å². The summed E-state index contributed by atoms with van der Waals surface area (Å²) in [6, 6.07) is 3.97. The van der Waals surface area contributed by atoms with Gasteiger partial charge in [0.1, 0.15) is 12.2 Å². The number of ether oxygens (including phenoxy) is 2. The van der Waals surface area contributed by atoms with Gasteiger partial charge in [-0.3, -0.25) is 39.9 Å². The minimum absolute atomic E-state index is 0.0965. The number of aliphatic hydroxyl groups is 3. The van der Waals surface area contributed by atoms with Gasteiger partial charge in [0.15, 0.2) is 0 Å². The molecule has 1 unspecified atom stereocenters. The number of carboxylic acid groups (broad SMARTS) is 1. The second-order valence-corrected chi connectivity index (χ2v) is 12.4. The molecule has 1 heterocycles. The lowest BCUT2D eigenvalue weighted by atomic mass is 9.88. The lowest BCUT2D eigenvalue weighted by Gasteiger charge is -2.46. The monoisotopic (exact) mass is 725 g/mol. The number of thioether (sulfide) groups is 1. The molecule has 2 aromatic rings. The van der Waals surface area contributed by atoms with E-state index in [-0.39, 0.29) is 23.3 Å². The van der Waals surface area contributed by atoms with Crippen LogP contribution in [0.15, 0.2) is 36.4 Å². The maximum absolute atomic E-state index is 13.0. The van der Waals surface area contributed by atoms with Gasteiger partial charge in [0.25, 0.3) is 28.8 Å². The Morgan fingerprint density at radius 3 is 2.22 bits per heavy atom. The molecule has 2 aromatic carbocycles. The Bertz CT molecular complexity index is 1630. The predicted molar refractivity (Wildman–Crippen MR) is 173 cm³/mol. The van der Waals surface area contributed by atoms with Crippen molar-refractivity contribution >= 4 is 46.6 Å². The summed E-state index contributed by atoms with van der Waals surface area (Å²) in [5.74, 6) is -4.33. The largest absolute Gasteiger partial charge is 0.477 e. The van der Waals surface area contributed by atoms with E-state index in [0.29, 0.717) is 18.2 Å². The molecule has 6 N–H and O–H groups in total. The third-order valence-electron chi connectivity index (χ3n) is 7.58. The van der Waals surface area contributed by atoms with Gasteiger partial charge < -0.3 is 40.5 Å². The van der Waals surface area contributed by atoms with Crippen molar-refractivity contribution < 1.29 is 59.1 Å². The molecule has 21 heteroatoms. The van der Waals surface area contributed by atoms with Crippen LogP contribution in [0.1, 0.15) is 37.0 Å². The van der Waals surface area contributed by atoms with Crippen molar-refractivity contribution in [3.63, 3.8) is 0 Å². The number of hydrogen-bond acceptors (Lipinski definition) is 15. The predicted octanol–water partition coefficient (Wildman–Crippen LogP) is 1.13. The lowest BCUT2D eigenvalue weighted by molar-refractivity contribution is -0.394. The minimum Gasteiger partial charge on any atom is -0.477 e. The first kappa shape index (κ1) is 39.6. The van der Waals surface area contributed by atoms with Gasteiger partial charge in [-0.1, -0.05) is 6.92 Å². The fraction of sp³-hybridized carbons (Fsp3) is 0.483. The van der Waals surface area contributed by atoms with E-state index in [2.05, 4.69) is 10.6 Å². The summed E-state index contributed by atoms with van der Waals surface area (Å²) in [6.07, 6.45) is -7.57. The van der Waals surface area contributed by atoms with Crippen molar-refractivity contribution in [2.45, 2.75) is 62.9 Å². The molecule has 0 aromatic heterocycles. The lowest BCUT2D eigenvalue weighted by Crippen LogP contribution is -2.68. The molecule has 1 saturated heterocycles. The maximum Gasteiger partial charge on any atom is 0.364 e. The van der Waals surface area contributed by atoms with Gasteiger partial charge in [0, 0.05) is 37.6 Å². The van der Waals surface area contributed by atoms with Crippen LogP contribution in [0.25, 0.3) is 11.1 Å². The van der Waals surface area contributed by atoms with Crippen molar-refractivity contribution in [3.8, 4) is 11.1 Å². The zero-order valence-corrected chi connectivity index (χ0v) is 27.4. The van der Waals surface area contributed by atoms with E-state index >= 15 is 0 Å². The minimum atomic E-state index is -2.46. The van der Waals surface area contributed by atoms with E-state index < -0.39 is 98.8 Å². The molecule has 0 saturated carbocycles. The van der Waals surface area contributed by atoms with Crippen molar-refractivity contribution in [1.82, 2.24) is 10.6 Å². The standard InChI is InChI=1S/C29H35N5O15S/c1-3-50-10-4-9-48-29(28(40)41)13-22(36)24(31-15(2)35)26(49-29)25(38)23(37)14-30-27(39)16-5-7-18(20(11-16)33(44)45)19-8-6-17(32(42)43)12-21(19)34(46)47/h5-8,11-12,22-26,36-38H,3-4,9-10,13-14H2,1-2H3,(H,30,39)(H,31,35)(H,40,41)/t22?,23-,24-,25-,26-,29-/m1/s1. The number of nitrogens with one attached hydrogen (secondary N) is 2. The molecule has 272 valence electrons. The van der Waals surface area contributed by atoms with E-state index in [0.717, 1.165) is 43.0 Å². The first-order valence-corrected chi connectivity index (χ1v) is 16.1. The number of nitro benzene ring substituents is 3. The Kier molecular flexibility index (Phi) is 13.7.